The molecule has 0 aliphatic heterocycles. The molecule has 0 heterocycles. The molecule has 2 rings (SSSR count). The quantitative estimate of drug-likeness (QED) is 0.881. The Morgan fingerprint density at radius 2 is 1.65 bits per heavy atom. The largest absolute Gasteiger partial charge is 0.328 e. The van der Waals surface area contributed by atoms with Gasteiger partial charge in [0, 0.05) is 12.6 Å². The van der Waals surface area contributed by atoms with Gasteiger partial charge in [0.2, 0.25) is 0 Å². The van der Waals surface area contributed by atoms with E-state index in [1.54, 1.807) is 6.07 Å². The highest BCUT2D eigenvalue weighted by molar-refractivity contribution is 6.39. The number of anilines is 1. The van der Waals surface area contributed by atoms with Crippen LogP contribution in [0.1, 0.15) is 19.4 Å². The lowest BCUT2D eigenvalue weighted by molar-refractivity contribution is -0.144. The monoisotopic (exact) mass is 314 g/mol. The van der Waals surface area contributed by atoms with Gasteiger partial charge in [0.05, 0.1) is 5.69 Å². The van der Waals surface area contributed by atoms with Gasteiger partial charge < -0.3 is 10.2 Å². The third-order valence-electron chi connectivity index (χ3n) is 3.40. The number of nitrogens with zero attached hydrogens (tertiary/aromatic N) is 1. The Balaban J connectivity index is 2.11. The summed E-state index contributed by atoms with van der Waals surface area (Å²) in [5.74, 6) is -2.11. The predicted molar refractivity (Wildman–Crippen MR) is 87.2 cm³/mol. The summed E-state index contributed by atoms with van der Waals surface area (Å²) in [5, 5.41) is 2.33. The van der Waals surface area contributed by atoms with Crippen LogP contribution in [0.4, 0.5) is 10.1 Å². The van der Waals surface area contributed by atoms with Crippen molar-refractivity contribution in [3.05, 3.63) is 66.0 Å². The molecule has 0 bridgehead atoms. The molecule has 0 saturated heterocycles. The molecular formula is C18H19FN2O2. The smallest absolute Gasteiger partial charge is 0.314 e. The Morgan fingerprint density at radius 1 is 1.04 bits per heavy atom. The van der Waals surface area contributed by atoms with E-state index in [0.717, 1.165) is 5.56 Å². The lowest BCUT2D eigenvalue weighted by atomic mass is 10.2. The standard InChI is InChI=1S/C18H19FN2O2/c1-13(2)21(12-14-8-4-3-5-9-14)18(23)17(22)20-16-11-7-6-10-15(16)19/h3-11,13H,12H2,1-2H3,(H,20,22). The summed E-state index contributed by atoms with van der Waals surface area (Å²) in [6.07, 6.45) is 0. The van der Waals surface area contributed by atoms with Crippen molar-refractivity contribution >= 4 is 17.5 Å². The molecule has 2 amide bonds. The minimum atomic E-state index is -0.847. The third kappa shape index (κ3) is 4.39. The average molecular weight is 314 g/mol. The number of nitrogens with one attached hydrogen (secondary N) is 1. The lowest BCUT2D eigenvalue weighted by Crippen LogP contribution is -2.43. The second-order valence-corrected chi connectivity index (χ2v) is 5.45. The Hall–Kier alpha value is -2.69. The van der Waals surface area contributed by atoms with E-state index in [2.05, 4.69) is 5.32 Å². The van der Waals surface area contributed by atoms with E-state index in [9.17, 15) is 14.0 Å². The number of carbonyl (C=O) groups excluding carboxylic acids is 2. The fourth-order valence-corrected chi connectivity index (χ4v) is 2.14. The Morgan fingerprint density at radius 3 is 2.26 bits per heavy atom. The summed E-state index contributed by atoms with van der Waals surface area (Å²) in [7, 11) is 0. The van der Waals surface area contributed by atoms with Crippen molar-refractivity contribution in [1.82, 2.24) is 4.90 Å². The number of hydrogen-bond acceptors (Lipinski definition) is 2. The summed E-state index contributed by atoms with van der Waals surface area (Å²) >= 11 is 0. The van der Waals surface area contributed by atoms with Crippen LogP contribution in [0.15, 0.2) is 54.6 Å². The van der Waals surface area contributed by atoms with E-state index >= 15 is 0 Å². The normalized spacial score (nSPS) is 10.4. The third-order valence-corrected chi connectivity index (χ3v) is 3.40. The topological polar surface area (TPSA) is 49.4 Å². The molecule has 4 nitrogen and oxygen atoms in total. The highest BCUT2D eigenvalue weighted by atomic mass is 19.1. The van der Waals surface area contributed by atoms with Crippen molar-refractivity contribution in [3.8, 4) is 0 Å². The van der Waals surface area contributed by atoms with E-state index in [0.29, 0.717) is 6.54 Å². The van der Waals surface area contributed by atoms with Crippen LogP contribution in [0.2, 0.25) is 0 Å². The zero-order valence-electron chi connectivity index (χ0n) is 13.1. The molecule has 0 radical (unpaired) electrons. The van der Waals surface area contributed by atoms with Gasteiger partial charge in [-0.25, -0.2) is 4.39 Å². The number of para-hydroxylation sites is 1. The van der Waals surface area contributed by atoms with Gasteiger partial charge in [-0.05, 0) is 31.5 Å². The molecule has 0 unspecified atom stereocenters. The fraction of sp³-hybridized carbons (Fsp3) is 0.222. The molecule has 0 atom stereocenters. The maximum Gasteiger partial charge on any atom is 0.314 e. The number of benzene rings is 2. The molecule has 0 spiro atoms. The summed E-state index contributed by atoms with van der Waals surface area (Å²) < 4.78 is 13.6. The van der Waals surface area contributed by atoms with Crippen LogP contribution < -0.4 is 5.32 Å². The Kier molecular flexibility index (Phi) is 5.46. The van der Waals surface area contributed by atoms with Crippen molar-refractivity contribution in [3.63, 3.8) is 0 Å². The van der Waals surface area contributed by atoms with Gasteiger partial charge >= 0.3 is 11.8 Å². The molecule has 1 N–H and O–H groups in total. The number of hydrogen-bond donors (Lipinski definition) is 1. The molecule has 2 aromatic rings. The summed E-state index contributed by atoms with van der Waals surface area (Å²) in [4.78, 5) is 26.0. The van der Waals surface area contributed by atoms with Crippen LogP contribution in [0.3, 0.4) is 0 Å². The zero-order chi connectivity index (χ0) is 16.8. The average Bonchev–Trinajstić information content (AvgIpc) is 2.54. The molecule has 0 aromatic heterocycles. The molecule has 0 aliphatic carbocycles. The van der Waals surface area contributed by atoms with Crippen molar-refractivity contribution in [2.75, 3.05) is 5.32 Å². The number of amides is 2. The first-order valence-electron chi connectivity index (χ1n) is 7.39. The molecule has 5 heteroatoms. The lowest BCUT2D eigenvalue weighted by Gasteiger charge is -2.26. The van der Waals surface area contributed by atoms with Crippen LogP contribution >= 0.6 is 0 Å². The van der Waals surface area contributed by atoms with Gasteiger partial charge in [0.15, 0.2) is 0 Å². The molecule has 120 valence electrons. The fourth-order valence-electron chi connectivity index (χ4n) is 2.14. The molecular weight excluding hydrogens is 295 g/mol. The maximum absolute atomic E-state index is 13.6. The van der Waals surface area contributed by atoms with Crippen LogP contribution in [0.25, 0.3) is 0 Å². The Labute approximate surface area is 134 Å². The first kappa shape index (κ1) is 16.7. The highest BCUT2D eigenvalue weighted by Crippen LogP contribution is 2.14. The minimum absolute atomic E-state index is 0.00531. The van der Waals surface area contributed by atoms with Gasteiger partial charge in [0.1, 0.15) is 5.82 Å². The SMILES string of the molecule is CC(C)N(Cc1ccccc1)C(=O)C(=O)Nc1ccccc1F. The van der Waals surface area contributed by atoms with E-state index in [1.807, 2.05) is 44.2 Å². The van der Waals surface area contributed by atoms with Crippen molar-refractivity contribution in [2.45, 2.75) is 26.4 Å². The van der Waals surface area contributed by atoms with Crippen LogP contribution in [-0.2, 0) is 16.1 Å². The Bertz CT molecular complexity index is 686. The number of halogens is 1. The molecule has 0 aliphatic rings. The first-order chi connectivity index (χ1) is 11.0. The maximum atomic E-state index is 13.6. The zero-order valence-corrected chi connectivity index (χ0v) is 13.1. The molecule has 0 saturated carbocycles. The van der Waals surface area contributed by atoms with Gasteiger partial charge in [0.25, 0.3) is 0 Å². The second-order valence-electron chi connectivity index (χ2n) is 5.45. The molecule has 23 heavy (non-hydrogen) atoms. The second kappa shape index (κ2) is 7.54. The van der Waals surface area contributed by atoms with Crippen molar-refractivity contribution in [2.24, 2.45) is 0 Å². The summed E-state index contributed by atoms with van der Waals surface area (Å²) in [5.41, 5.74) is 0.919. The number of carbonyl (C=O) groups is 2. The summed E-state index contributed by atoms with van der Waals surface area (Å²) in [6, 6.07) is 15.0. The number of rotatable bonds is 4. The summed E-state index contributed by atoms with van der Waals surface area (Å²) in [6.45, 7) is 3.98. The van der Waals surface area contributed by atoms with E-state index in [1.165, 1.54) is 23.1 Å². The van der Waals surface area contributed by atoms with E-state index in [4.69, 9.17) is 0 Å². The van der Waals surface area contributed by atoms with Gasteiger partial charge in [-0.15, -0.1) is 0 Å². The predicted octanol–water partition coefficient (Wildman–Crippen LogP) is 3.20. The van der Waals surface area contributed by atoms with Gasteiger partial charge in [-0.2, -0.15) is 0 Å². The van der Waals surface area contributed by atoms with Crippen molar-refractivity contribution < 1.29 is 14.0 Å². The highest BCUT2D eigenvalue weighted by Gasteiger charge is 2.25. The minimum Gasteiger partial charge on any atom is -0.328 e. The molecule has 0 fully saturated rings. The van der Waals surface area contributed by atoms with Gasteiger partial charge in [-0.3, -0.25) is 9.59 Å². The molecule has 2 aromatic carbocycles. The van der Waals surface area contributed by atoms with Gasteiger partial charge in [-0.1, -0.05) is 42.5 Å². The first-order valence-corrected chi connectivity index (χ1v) is 7.39. The van der Waals surface area contributed by atoms with Crippen LogP contribution in [-0.4, -0.2) is 22.8 Å². The van der Waals surface area contributed by atoms with Crippen molar-refractivity contribution in [1.29, 1.82) is 0 Å². The van der Waals surface area contributed by atoms with E-state index in [-0.39, 0.29) is 11.7 Å². The van der Waals surface area contributed by atoms with Crippen LogP contribution in [0.5, 0.6) is 0 Å². The van der Waals surface area contributed by atoms with E-state index < -0.39 is 17.6 Å². The van der Waals surface area contributed by atoms with Crippen LogP contribution in [0, 0.1) is 5.82 Å².